The average molecular weight is 283 g/mol. The summed E-state index contributed by atoms with van der Waals surface area (Å²) in [6, 6.07) is 3.52. The Morgan fingerprint density at radius 2 is 1.81 bits per heavy atom. The van der Waals surface area contributed by atoms with Gasteiger partial charge < -0.3 is 14.0 Å². The maximum absolute atomic E-state index is 12.7. The summed E-state index contributed by atoms with van der Waals surface area (Å²) in [6.45, 7) is 0.877. The minimum Gasteiger partial charge on any atom is -0.454 e. The Labute approximate surface area is 120 Å². The lowest BCUT2D eigenvalue weighted by molar-refractivity contribution is 0.0968. The van der Waals surface area contributed by atoms with Gasteiger partial charge in [0.25, 0.3) is 5.56 Å². The number of carbonyl (C=O) groups excluding carboxylic acids is 1. The lowest BCUT2D eigenvalue weighted by atomic mass is 9.84. The van der Waals surface area contributed by atoms with Gasteiger partial charge in [-0.3, -0.25) is 9.59 Å². The molecule has 1 aromatic heterocycles. The zero-order valence-corrected chi connectivity index (χ0v) is 11.3. The van der Waals surface area contributed by atoms with Crippen LogP contribution < -0.4 is 15.0 Å². The summed E-state index contributed by atoms with van der Waals surface area (Å²) in [5.41, 5.74) is 1.67. The van der Waals surface area contributed by atoms with E-state index in [1.807, 2.05) is 0 Å². The van der Waals surface area contributed by atoms with Crippen LogP contribution in [0.2, 0.25) is 0 Å². The fraction of sp³-hybridized carbons (Fsp3) is 0.375. The van der Waals surface area contributed by atoms with Crippen LogP contribution in [0.1, 0.15) is 41.2 Å². The van der Waals surface area contributed by atoms with Crippen LogP contribution in [0.25, 0.3) is 10.8 Å². The monoisotopic (exact) mass is 283 g/mol. The number of pyridine rings is 1. The predicted octanol–water partition coefficient (Wildman–Crippen LogP) is 2.19. The van der Waals surface area contributed by atoms with Crippen LogP contribution in [-0.2, 0) is 6.54 Å². The number of hydrogen-bond donors (Lipinski definition) is 0. The van der Waals surface area contributed by atoms with Crippen molar-refractivity contribution in [1.82, 2.24) is 4.57 Å². The van der Waals surface area contributed by atoms with Crippen molar-refractivity contribution in [2.24, 2.45) is 0 Å². The number of rotatable bonds is 0. The normalized spacial score (nSPS) is 21.9. The highest BCUT2D eigenvalue weighted by atomic mass is 16.7. The molecule has 0 radical (unpaired) electrons. The standard InChI is InChI=1S/C16H13NO4/c18-11-2-1-8-3-4-17-15(8)14(11)9-5-12-13(21-7-20-12)6-10(9)16(17)19/h5-6,8H,1-4,7H2. The number of benzene rings is 1. The lowest BCUT2D eigenvalue weighted by Gasteiger charge is -2.22. The summed E-state index contributed by atoms with van der Waals surface area (Å²) >= 11 is 0. The summed E-state index contributed by atoms with van der Waals surface area (Å²) < 4.78 is 12.6. The smallest absolute Gasteiger partial charge is 0.258 e. The molecular weight excluding hydrogens is 270 g/mol. The van der Waals surface area contributed by atoms with Crippen molar-refractivity contribution < 1.29 is 14.3 Å². The summed E-state index contributed by atoms with van der Waals surface area (Å²) in [5, 5.41) is 1.29. The average Bonchev–Trinajstić information content (AvgIpc) is 3.10. The van der Waals surface area contributed by atoms with E-state index in [1.54, 1.807) is 16.7 Å². The van der Waals surface area contributed by atoms with E-state index in [2.05, 4.69) is 0 Å². The summed E-state index contributed by atoms with van der Waals surface area (Å²) in [5.74, 6) is 1.70. The van der Waals surface area contributed by atoms with E-state index in [-0.39, 0.29) is 18.1 Å². The van der Waals surface area contributed by atoms with Gasteiger partial charge in [-0.15, -0.1) is 0 Å². The number of fused-ring (bicyclic) bond motifs is 3. The van der Waals surface area contributed by atoms with E-state index in [0.29, 0.717) is 35.8 Å². The third kappa shape index (κ3) is 1.31. The fourth-order valence-electron chi connectivity index (χ4n) is 3.93. The van der Waals surface area contributed by atoms with E-state index in [0.717, 1.165) is 29.5 Å². The molecule has 2 aliphatic heterocycles. The van der Waals surface area contributed by atoms with Gasteiger partial charge in [-0.05, 0) is 25.0 Å². The summed E-state index contributed by atoms with van der Waals surface area (Å²) in [6.07, 6.45) is 2.39. The van der Waals surface area contributed by atoms with E-state index >= 15 is 0 Å². The Balaban J connectivity index is 1.99. The molecule has 0 amide bonds. The first-order valence-corrected chi connectivity index (χ1v) is 7.27. The maximum atomic E-state index is 12.7. The van der Waals surface area contributed by atoms with E-state index in [1.165, 1.54) is 0 Å². The third-order valence-electron chi connectivity index (χ3n) is 4.89. The van der Waals surface area contributed by atoms with Crippen LogP contribution in [0.15, 0.2) is 16.9 Å². The van der Waals surface area contributed by atoms with Crippen molar-refractivity contribution >= 4 is 16.6 Å². The molecule has 1 unspecified atom stereocenters. The summed E-state index contributed by atoms with van der Waals surface area (Å²) in [7, 11) is 0. The van der Waals surface area contributed by atoms with Gasteiger partial charge >= 0.3 is 0 Å². The van der Waals surface area contributed by atoms with Gasteiger partial charge in [0, 0.05) is 35.5 Å². The van der Waals surface area contributed by atoms with Gasteiger partial charge in [0.15, 0.2) is 17.3 Å². The second-order valence-electron chi connectivity index (χ2n) is 5.92. The predicted molar refractivity (Wildman–Crippen MR) is 75.3 cm³/mol. The minimum atomic E-state index is -0.0146. The van der Waals surface area contributed by atoms with Gasteiger partial charge in [-0.1, -0.05) is 0 Å². The van der Waals surface area contributed by atoms with Crippen LogP contribution in [0.5, 0.6) is 11.5 Å². The minimum absolute atomic E-state index is 0.0146. The Bertz CT molecular complexity index is 880. The molecule has 0 saturated heterocycles. The highest BCUT2D eigenvalue weighted by molar-refractivity contribution is 6.10. The molecule has 3 aliphatic rings. The molecule has 0 N–H and O–H groups in total. The first kappa shape index (κ1) is 11.4. The van der Waals surface area contributed by atoms with Crippen LogP contribution in [-0.4, -0.2) is 17.1 Å². The van der Waals surface area contributed by atoms with E-state index in [9.17, 15) is 9.59 Å². The number of nitrogens with zero attached hydrogens (tertiary/aromatic N) is 1. The third-order valence-corrected chi connectivity index (χ3v) is 4.89. The first-order chi connectivity index (χ1) is 10.2. The molecule has 1 aromatic carbocycles. The van der Waals surface area contributed by atoms with Crippen LogP contribution >= 0.6 is 0 Å². The second kappa shape index (κ2) is 3.67. The molecule has 1 atom stereocenters. The van der Waals surface area contributed by atoms with Crippen molar-refractivity contribution in [3.8, 4) is 11.5 Å². The fourth-order valence-corrected chi connectivity index (χ4v) is 3.93. The number of ether oxygens (including phenoxy) is 2. The molecule has 106 valence electrons. The van der Waals surface area contributed by atoms with Crippen LogP contribution in [0, 0.1) is 0 Å². The maximum Gasteiger partial charge on any atom is 0.258 e. The summed E-state index contributed by atoms with van der Waals surface area (Å²) in [4.78, 5) is 25.2. The number of ketones is 1. The van der Waals surface area contributed by atoms with Crippen LogP contribution in [0.3, 0.4) is 0 Å². The van der Waals surface area contributed by atoms with Crippen molar-refractivity contribution in [3.05, 3.63) is 33.7 Å². The first-order valence-electron chi connectivity index (χ1n) is 7.27. The molecule has 0 spiro atoms. The van der Waals surface area contributed by atoms with E-state index < -0.39 is 0 Å². The molecule has 5 heteroatoms. The molecular formula is C16H13NO4. The lowest BCUT2D eigenvalue weighted by Crippen LogP contribution is -2.25. The van der Waals surface area contributed by atoms with E-state index in [4.69, 9.17) is 9.47 Å². The molecule has 5 rings (SSSR count). The van der Waals surface area contributed by atoms with Gasteiger partial charge in [-0.25, -0.2) is 0 Å². The number of Topliss-reactive ketones (excluding diaryl/α,β-unsaturated/α-hetero) is 1. The highest BCUT2D eigenvalue weighted by Crippen LogP contribution is 2.43. The largest absolute Gasteiger partial charge is 0.454 e. The molecule has 5 nitrogen and oxygen atoms in total. The van der Waals surface area contributed by atoms with Crippen LogP contribution in [0.4, 0.5) is 0 Å². The molecule has 0 saturated carbocycles. The van der Waals surface area contributed by atoms with Crippen molar-refractivity contribution in [2.45, 2.75) is 31.7 Å². The number of aromatic nitrogens is 1. The zero-order chi connectivity index (χ0) is 14.1. The van der Waals surface area contributed by atoms with Crippen molar-refractivity contribution in [2.75, 3.05) is 6.79 Å². The SMILES string of the molecule is O=C1CCC2CCn3c2c1c1cc2c(cc1c3=O)OCO2. The molecule has 2 aromatic rings. The van der Waals surface area contributed by atoms with Crippen molar-refractivity contribution in [3.63, 3.8) is 0 Å². The zero-order valence-electron chi connectivity index (χ0n) is 11.3. The van der Waals surface area contributed by atoms with Gasteiger partial charge in [-0.2, -0.15) is 0 Å². The van der Waals surface area contributed by atoms with Crippen molar-refractivity contribution in [1.29, 1.82) is 0 Å². The Morgan fingerprint density at radius 3 is 2.62 bits per heavy atom. The van der Waals surface area contributed by atoms with Gasteiger partial charge in [0.2, 0.25) is 6.79 Å². The number of carbonyl (C=O) groups is 1. The molecule has 3 heterocycles. The Kier molecular flexibility index (Phi) is 1.98. The molecule has 0 bridgehead atoms. The van der Waals surface area contributed by atoms with Gasteiger partial charge in [0.05, 0.1) is 5.39 Å². The topological polar surface area (TPSA) is 57.5 Å². The quantitative estimate of drug-likeness (QED) is 0.743. The van der Waals surface area contributed by atoms with Gasteiger partial charge in [0.1, 0.15) is 0 Å². The number of hydrogen-bond acceptors (Lipinski definition) is 4. The Morgan fingerprint density at radius 1 is 1.05 bits per heavy atom. The molecule has 0 fully saturated rings. The molecule has 1 aliphatic carbocycles. The highest BCUT2D eigenvalue weighted by Gasteiger charge is 2.35. The Hall–Kier alpha value is -2.30. The second-order valence-corrected chi connectivity index (χ2v) is 5.92. The molecule has 21 heavy (non-hydrogen) atoms.